The quantitative estimate of drug-likeness (QED) is 0.0923. The van der Waals surface area contributed by atoms with Crippen LogP contribution < -0.4 is 26.8 Å². The van der Waals surface area contributed by atoms with Crippen LogP contribution in [0.15, 0.2) is 41.2 Å². The van der Waals surface area contributed by atoms with Crippen molar-refractivity contribution in [1.82, 2.24) is 25.5 Å². The van der Waals surface area contributed by atoms with Crippen molar-refractivity contribution >= 4 is 46.4 Å². The Bertz CT molecular complexity index is 2620. The van der Waals surface area contributed by atoms with Crippen LogP contribution in [0.4, 0.5) is 14.9 Å². The Balaban J connectivity index is 1.12. The summed E-state index contributed by atoms with van der Waals surface area (Å²) < 4.78 is 28.0. The van der Waals surface area contributed by atoms with Crippen molar-refractivity contribution in [3.63, 3.8) is 0 Å². The van der Waals surface area contributed by atoms with Crippen molar-refractivity contribution in [2.45, 2.75) is 110 Å². The molecule has 2 aliphatic heterocycles. The molecule has 4 heterocycles. The molecule has 2 aromatic heterocycles. The van der Waals surface area contributed by atoms with E-state index < -0.39 is 65.1 Å². The third-order valence-electron chi connectivity index (χ3n) is 11.8. The minimum absolute atomic E-state index is 0.0214. The molecule has 0 radical (unpaired) electrons. The Hall–Kier alpha value is -6.60. The van der Waals surface area contributed by atoms with Crippen LogP contribution in [-0.4, -0.2) is 56.5 Å². The number of aromatic nitrogens is 2. The first-order valence-electron chi connectivity index (χ1n) is 20.2. The van der Waals surface area contributed by atoms with Crippen LogP contribution >= 0.6 is 0 Å². The number of carbonyl (C=O) groups excluding carboxylic acids is 5. The van der Waals surface area contributed by atoms with E-state index in [2.05, 4.69) is 27.2 Å². The van der Waals surface area contributed by atoms with Gasteiger partial charge in [-0.25, -0.2) is 19.0 Å². The number of carbonyl (C=O) groups is 5. The summed E-state index contributed by atoms with van der Waals surface area (Å²) >= 11 is 0. The second-order valence-corrected chi connectivity index (χ2v) is 16.1. The summed E-state index contributed by atoms with van der Waals surface area (Å²) in [6, 6.07) is 7.05. The molecule has 0 bridgehead atoms. The van der Waals surface area contributed by atoms with Crippen LogP contribution in [0.1, 0.15) is 105 Å². The number of pyridine rings is 2. The van der Waals surface area contributed by atoms with E-state index in [-0.39, 0.29) is 48.9 Å². The molecule has 0 saturated heterocycles. The monoisotopic (exact) mass is 834 g/mol. The number of terminal acetylenes is 1. The van der Waals surface area contributed by atoms with Crippen LogP contribution in [0, 0.1) is 31.0 Å². The van der Waals surface area contributed by atoms with E-state index in [1.165, 1.54) is 24.5 Å². The van der Waals surface area contributed by atoms with Gasteiger partial charge in [-0.05, 0) is 79.5 Å². The Labute approximate surface area is 350 Å². The largest absolute Gasteiger partial charge is 0.458 e. The molecule has 15 nitrogen and oxygen atoms in total. The summed E-state index contributed by atoms with van der Waals surface area (Å²) in [6.45, 7) is 9.47. The number of aryl methyl sites for hydroxylation is 1. The number of hydrogen-bond donors (Lipinski definition) is 5. The van der Waals surface area contributed by atoms with Crippen molar-refractivity contribution in [1.29, 1.82) is 0 Å². The third-order valence-corrected chi connectivity index (χ3v) is 11.8. The lowest BCUT2D eigenvalue weighted by molar-refractivity contribution is -0.172. The zero-order chi connectivity index (χ0) is 44.1. The van der Waals surface area contributed by atoms with Crippen LogP contribution in [0.3, 0.4) is 0 Å². The number of nitrogens with zero attached hydrogens (tertiary/aromatic N) is 2. The highest BCUT2D eigenvalue weighted by Gasteiger charge is 2.46. The van der Waals surface area contributed by atoms with E-state index in [1.807, 2.05) is 0 Å². The molecule has 4 amide bonds. The highest BCUT2D eigenvalue weighted by atomic mass is 19.1. The van der Waals surface area contributed by atoms with Crippen LogP contribution in [0.2, 0.25) is 0 Å². The first kappa shape index (κ1) is 42.5. The molecule has 1 unspecified atom stereocenters. The van der Waals surface area contributed by atoms with E-state index in [0.717, 1.165) is 5.56 Å². The van der Waals surface area contributed by atoms with Crippen molar-refractivity contribution in [2.24, 2.45) is 5.92 Å². The van der Waals surface area contributed by atoms with Crippen LogP contribution in [0.25, 0.3) is 22.3 Å². The van der Waals surface area contributed by atoms with Gasteiger partial charge in [0.25, 0.3) is 5.56 Å². The summed E-state index contributed by atoms with van der Waals surface area (Å²) in [7, 11) is 0. The molecule has 3 aliphatic rings. The second-order valence-electron chi connectivity index (χ2n) is 16.1. The average molecular weight is 835 g/mol. The van der Waals surface area contributed by atoms with Crippen molar-refractivity contribution in [3.8, 4) is 23.7 Å². The second kappa shape index (κ2) is 16.5. The number of alkyl carbamates (subject to hydrolysis) is 1. The van der Waals surface area contributed by atoms with Gasteiger partial charge in [-0.2, -0.15) is 0 Å². The highest BCUT2D eigenvalue weighted by molar-refractivity contribution is 5.98. The Morgan fingerprint density at radius 2 is 1.80 bits per heavy atom. The molecule has 5 N–H and O–H groups in total. The van der Waals surface area contributed by atoms with Gasteiger partial charge < -0.3 is 40.4 Å². The van der Waals surface area contributed by atoms with E-state index in [4.69, 9.17) is 20.9 Å². The van der Waals surface area contributed by atoms with Crippen LogP contribution in [0.5, 0.6) is 0 Å². The average Bonchev–Trinajstić information content (AvgIpc) is 3.59. The minimum atomic E-state index is -2.03. The fraction of sp³-hybridized carbons (Fsp3) is 0.400. The van der Waals surface area contributed by atoms with Gasteiger partial charge in [-0.1, -0.05) is 32.9 Å². The zero-order valence-electron chi connectivity index (χ0n) is 34.7. The van der Waals surface area contributed by atoms with Crippen molar-refractivity contribution < 1.29 is 42.9 Å². The van der Waals surface area contributed by atoms with Gasteiger partial charge in [0.1, 0.15) is 30.6 Å². The summed E-state index contributed by atoms with van der Waals surface area (Å²) in [4.78, 5) is 82.7. The number of aliphatic hydroxyl groups is 1. The van der Waals surface area contributed by atoms with E-state index in [0.29, 0.717) is 63.1 Å². The van der Waals surface area contributed by atoms with E-state index in [1.54, 1.807) is 58.0 Å². The highest BCUT2D eigenvalue weighted by Crippen LogP contribution is 2.46. The number of cyclic esters (lactones) is 1. The number of fused-ring (bicyclic) bond motifs is 5. The number of amides is 4. The van der Waals surface area contributed by atoms with Crippen LogP contribution in [-0.2, 0) is 53.8 Å². The van der Waals surface area contributed by atoms with Gasteiger partial charge in [0.05, 0.1) is 41.5 Å². The number of rotatable bonds is 11. The van der Waals surface area contributed by atoms with Gasteiger partial charge in [-0.3, -0.25) is 19.2 Å². The van der Waals surface area contributed by atoms with Crippen molar-refractivity contribution in [2.75, 3.05) is 5.32 Å². The number of ether oxygens (including phenoxy) is 2. The van der Waals surface area contributed by atoms with E-state index >= 15 is 4.39 Å². The number of halogens is 1. The first-order valence-corrected chi connectivity index (χ1v) is 20.2. The molecule has 0 spiro atoms. The maximum absolute atomic E-state index is 15.4. The fourth-order valence-corrected chi connectivity index (χ4v) is 8.49. The molecule has 7 rings (SSSR count). The van der Waals surface area contributed by atoms with Gasteiger partial charge >= 0.3 is 12.1 Å². The summed E-state index contributed by atoms with van der Waals surface area (Å²) in [5, 5.41) is 23.0. The molecule has 1 aliphatic carbocycles. The molecule has 0 fully saturated rings. The number of anilines is 1. The number of nitrogens with one attached hydrogen (secondary N) is 4. The minimum Gasteiger partial charge on any atom is -0.458 e. The van der Waals surface area contributed by atoms with Gasteiger partial charge in [0.15, 0.2) is 5.60 Å². The Kier molecular flexibility index (Phi) is 11.5. The first-order chi connectivity index (χ1) is 29.0. The standard InChI is InChI=1S/C45H47FN6O9/c1-8-10-35(25-11-13-26(14-12-25)49-40(54)23(6)47-41(55)38(21(3)4)48-24(7)53)61-44(58)51-32-16-15-27-22(5)31(46)18-33-36(27)37(32)28-19-52-34(39(28)50-33)17-30-29(42(52)56)20-60-43(57)45(30,59)9-2/h1,11-14,17-18,21,23,32,35,38,59H,9-10,15-16,19-20H2,2-7H3,(H,47,55)(H,48,53)(H,49,54)(H,51,58)/t23-,32-,35?,38-,45-/m0/s1. The van der Waals surface area contributed by atoms with Crippen molar-refractivity contribution in [3.05, 3.63) is 91.5 Å². The zero-order valence-corrected chi connectivity index (χ0v) is 34.7. The summed E-state index contributed by atoms with van der Waals surface area (Å²) in [6.07, 6.45) is 4.81. The molecule has 0 saturated carbocycles. The maximum atomic E-state index is 15.4. The Morgan fingerprint density at radius 3 is 2.46 bits per heavy atom. The smallest absolute Gasteiger partial charge is 0.408 e. The number of esters is 1. The molecular formula is C45H47FN6O9. The van der Waals surface area contributed by atoms with Gasteiger partial charge in [-0.15, -0.1) is 12.3 Å². The van der Waals surface area contributed by atoms with Gasteiger partial charge in [0, 0.05) is 35.2 Å². The molecule has 318 valence electrons. The normalized spacial score (nSPS) is 18.7. The molecule has 61 heavy (non-hydrogen) atoms. The Morgan fingerprint density at radius 1 is 1.08 bits per heavy atom. The molecule has 5 atom stereocenters. The SMILES string of the molecule is C#CCC(OC(=O)N[C@H]1CCc2c(C)c(F)cc3nc4c(c1c23)Cn1c-4cc2c(c1=O)COC(=O)[C@]2(O)CC)c1ccc(NC(=O)[C@H](C)NC(=O)[C@@H](NC(C)=O)C(C)C)cc1. The topological polar surface area (TPSA) is 207 Å². The fourth-order valence-electron chi connectivity index (χ4n) is 8.49. The lowest BCUT2D eigenvalue weighted by atomic mass is 9.81. The number of benzene rings is 2. The van der Waals surface area contributed by atoms with E-state index in [9.17, 15) is 33.9 Å². The lowest BCUT2D eigenvalue weighted by Gasteiger charge is -2.31. The molecule has 4 aromatic rings. The predicted octanol–water partition coefficient (Wildman–Crippen LogP) is 4.61. The molecule has 16 heteroatoms. The number of hydrogen-bond acceptors (Lipinski definition) is 10. The molecule has 2 aromatic carbocycles. The predicted molar refractivity (Wildman–Crippen MR) is 221 cm³/mol. The lowest BCUT2D eigenvalue weighted by Crippen LogP contribution is -2.53. The third kappa shape index (κ3) is 7.70. The maximum Gasteiger partial charge on any atom is 0.408 e. The summed E-state index contributed by atoms with van der Waals surface area (Å²) in [5.74, 6) is -0.313. The van der Waals surface area contributed by atoms with Gasteiger partial charge in [0.2, 0.25) is 17.7 Å². The summed E-state index contributed by atoms with van der Waals surface area (Å²) in [5.41, 5.74) is 2.32. The molecular weight excluding hydrogens is 788 g/mol.